The first-order valence-electron chi connectivity index (χ1n) is 9.77. The summed E-state index contributed by atoms with van der Waals surface area (Å²) in [5.74, 6) is 0.957. The normalized spacial score (nSPS) is 17.1. The summed E-state index contributed by atoms with van der Waals surface area (Å²) in [4.78, 5) is 32.7. The Bertz CT molecular complexity index is 1070. The zero-order valence-corrected chi connectivity index (χ0v) is 16.8. The standard InChI is InChI=1S/C23H22N4O3/c1-14-13-19(14)22(29)26-17-6-4-16(5-7-17)21(28)27-20-9-8-18(12-15(20)2)30-23-24-10-3-11-25-23/h3-12,14,19H,13H2,1-2H3,(H,26,29)(H,27,28). The van der Waals surface area contributed by atoms with E-state index in [2.05, 4.69) is 27.5 Å². The molecule has 1 aliphatic carbocycles. The van der Waals surface area contributed by atoms with Crippen molar-refractivity contribution < 1.29 is 14.3 Å². The van der Waals surface area contributed by atoms with Gasteiger partial charge in [0.25, 0.3) is 5.91 Å². The zero-order valence-electron chi connectivity index (χ0n) is 16.8. The largest absolute Gasteiger partial charge is 0.424 e. The van der Waals surface area contributed by atoms with Crippen molar-refractivity contribution in [3.05, 3.63) is 72.1 Å². The Labute approximate surface area is 174 Å². The lowest BCUT2D eigenvalue weighted by molar-refractivity contribution is -0.117. The molecule has 2 amide bonds. The van der Waals surface area contributed by atoms with Gasteiger partial charge in [-0.25, -0.2) is 9.97 Å². The second kappa shape index (κ2) is 8.32. The summed E-state index contributed by atoms with van der Waals surface area (Å²) in [5, 5.41) is 5.79. The number of rotatable bonds is 6. The smallest absolute Gasteiger partial charge is 0.321 e. The van der Waals surface area contributed by atoms with Gasteiger partial charge < -0.3 is 15.4 Å². The average molecular weight is 402 g/mol. The molecule has 0 spiro atoms. The van der Waals surface area contributed by atoms with Crippen LogP contribution >= 0.6 is 0 Å². The van der Waals surface area contributed by atoms with Crippen LogP contribution in [0.3, 0.4) is 0 Å². The molecule has 1 saturated carbocycles. The molecule has 152 valence electrons. The molecule has 0 aliphatic heterocycles. The Morgan fingerprint density at radius 2 is 1.73 bits per heavy atom. The summed E-state index contributed by atoms with van der Waals surface area (Å²) in [7, 11) is 0. The molecule has 7 heteroatoms. The highest BCUT2D eigenvalue weighted by Crippen LogP contribution is 2.38. The van der Waals surface area contributed by atoms with Gasteiger partial charge in [0.1, 0.15) is 5.75 Å². The van der Waals surface area contributed by atoms with Gasteiger partial charge in [-0.15, -0.1) is 0 Å². The fourth-order valence-electron chi connectivity index (χ4n) is 3.11. The molecular formula is C23H22N4O3. The molecule has 1 aromatic heterocycles. The highest BCUT2D eigenvalue weighted by molar-refractivity contribution is 6.05. The van der Waals surface area contributed by atoms with Crippen molar-refractivity contribution in [3.8, 4) is 11.8 Å². The lowest BCUT2D eigenvalue weighted by Crippen LogP contribution is -2.15. The minimum Gasteiger partial charge on any atom is -0.424 e. The van der Waals surface area contributed by atoms with E-state index in [9.17, 15) is 9.59 Å². The van der Waals surface area contributed by atoms with Gasteiger partial charge in [-0.1, -0.05) is 6.92 Å². The van der Waals surface area contributed by atoms with Gasteiger partial charge >= 0.3 is 6.01 Å². The van der Waals surface area contributed by atoms with Crippen LogP contribution in [0, 0.1) is 18.8 Å². The van der Waals surface area contributed by atoms with Gasteiger partial charge in [0.05, 0.1) is 0 Å². The van der Waals surface area contributed by atoms with E-state index < -0.39 is 0 Å². The second-order valence-electron chi connectivity index (χ2n) is 7.45. The van der Waals surface area contributed by atoms with E-state index in [0.717, 1.165) is 12.0 Å². The number of ether oxygens (including phenoxy) is 1. The fourth-order valence-corrected chi connectivity index (χ4v) is 3.11. The van der Waals surface area contributed by atoms with Gasteiger partial charge in [0.15, 0.2) is 0 Å². The van der Waals surface area contributed by atoms with E-state index in [-0.39, 0.29) is 23.7 Å². The van der Waals surface area contributed by atoms with Crippen molar-refractivity contribution in [1.82, 2.24) is 9.97 Å². The first-order chi connectivity index (χ1) is 14.5. The lowest BCUT2D eigenvalue weighted by Gasteiger charge is -2.11. The van der Waals surface area contributed by atoms with Crippen LogP contribution < -0.4 is 15.4 Å². The number of carbonyl (C=O) groups is 2. The van der Waals surface area contributed by atoms with Crippen LogP contribution in [0.15, 0.2) is 60.9 Å². The van der Waals surface area contributed by atoms with E-state index in [0.29, 0.717) is 28.6 Å². The predicted molar refractivity (Wildman–Crippen MR) is 114 cm³/mol. The Kier molecular flexibility index (Phi) is 5.43. The third kappa shape index (κ3) is 4.63. The number of nitrogens with zero attached hydrogens (tertiary/aromatic N) is 2. The van der Waals surface area contributed by atoms with Crippen LogP contribution in [0.1, 0.15) is 29.3 Å². The molecule has 2 atom stereocenters. The van der Waals surface area contributed by atoms with Crippen molar-refractivity contribution in [3.63, 3.8) is 0 Å². The van der Waals surface area contributed by atoms with Crippen LogP contribution in [0.4, 0.5) is 11.4 Å². The third-order valence-corrected chi connectivity index (χ3v) is 5.06. The van der Waals surface area contributed by atoms with E-state index in [4.69, 9.17) is 4.74 Å². The summed E-state index contributed by atoms with van der Waals surface area (Å²) < 4.78 is 5.61. The summed E-state index contributed by atoms with van der Waals surface area (Å²) >= 11 is 0. The molecule has 1 fully saturated rings. The van der Waals surface area contributed by atoms with E-state index in [1.54, 1.807) is 54.9 Å². The molecule has 3 aromatic rings. The third-order valence-electron chi connectivity index (χ3n) is 5.06. The molecule has 4 rings (SSSR count). The van der Waals surface area contributed by atoms with Crippen molar-refractivity contribution in [1.29, 1.82) is 0 Å². The van der Waals surface area contributed by atoms with E-state index >= 15 is 0 Å². The quantitative estimate of drug-likeness (QED) is 0.636. The van der Waals surface area contributed by atoms with Crippen molar-refractivity contribution in [2.45, 2.75) is 20.3 Å². The fraction of sp³-hybridized carbons (Fsp3) is 0.217. The maximum absolute atomic E-state index is 12.6. The molecule has 2 N–H and O–H groups in total. The van der Waals surface area contributed by atoms with Crippen molar-refractivity contribution >= 4 is 23.2 Å². The molecular weight excluding hydrogens is 380 g/mol. The number of aryl methyl sites for hydroxylation is 1. The molecule has 30 heavy (non-hydrogen) atoms. The minimum atomic E-state index is -0.230. The molecule has 0 saturated heterocycles. The molecule has 2 unspecified atom stereocenters. The molecule has 0 radical (unpaired) electrons. The highest BCUT2D eigenvalue weighted by atomic mass is 16.5. The molecule has 2 aromatic carbocycles. The van der Waals surface area contributed by atoms with Gasteiger partial charge in [0, 0.05) is 35.2 Å². The molecule has 1 aliphatic rings. The van der Waals surface area contributed by atoms with Crippen LogP contribution in [0.5, 0.6) is 11.8 Å². The Balaban J connectivity index is 1.37. The number of hydrogen-bond acceptors (Lipinski definition) is 5. The monoisotopic (exact) mass is 402 g/mol. The minimum absolute atomic E-state index is 0.0403. The Morgan fingerprint density at radius 1 is 1.03 bits per heavy atom. The van der Waals surface area contributed by atoms with Gasteiger partial charge in [-0.3, -0.25) is 9.59 Å². The zero-order chi connectivity index (χ0) is 21.1. The summed E-state index contributed by atoms with van der Waals surface area (Å²) in [6.07, 6.45) is 4.15. The SMILES string of the molecule is Cc1cc(Oc2ncccn2)ccc1NC(=O)c1ccc(NC(=O)C2CC2C)cc1. The van der Waals surface area contributed by atoms with Gasteiger partial charge in [-0.05, 0) is 73.4 Å². The van der Waals surface area contributed by atoms with Crippen LogP contribution in [0.25, 0.3) is 0 Å². The van der Waals surface area contributed by atoms with Crippen LogP contribution in [-0.4, -0.2) is 21.8 Å². The van der Waals surface area contributed by atoms with Crippen molar-refractivity contribution in [2.75, 3.05) is 10.6 Å². The summed E-state index contributed by atoms with van der Waals surface area (Å²) in [6.45, 7) is 3.94. The maximum Gasteiger partial charge on any atom is 0.321 e. The van der Waals surface area contributed by atoms with Gasteiger partial charge in [0.2, 0.25) is 5.91 Å². The first kappa shape index (κ1) is 19.6. The molecule has 1 heterocycles. The molecule has 0 bridgehead atoms. The first-order valence-corrected chi connectivity index (χ1v) is 9.77. The predicted octanol–water partition coefficient (Wildman–Crippen LogP) is 4.42. The number of nitrogens with one attached hydrogen (secondary N) is 2. The number of benzene rings is 2. The van der Waals surface area contributed by atoms with Crippen LogP contribution in [0.2, 0.25) is 0 Å². The van der Waals surface area contributed by atoms with E-state index in [1.165, 1.54) is 0 Å². The molecule has 7 nitrogen and oxygen atoms in total. The average Bonchev–Trinajstić information content (AvgIpc) is 3.48. The van der Waals surface area contributed by atoms with Gasteiger partial charge in [-0.2, -0.15) is 0 Å². The topological polar surface area (TPSA) is 93.2 Å². The maximum atomic E-state index is 12.6. The second-order valence-corrected chi connectivity index (χ2v) is 7.45. The number of aromatic nitrogens is 2. The van der Waals surface area contributed by atoms with Crippen LogP contribution in [-0.2, 0) is 4.79 Å². The summed E-state index contributed by atoms with van der Waals surface area (Å²) in [5.41, 5.74) is 2.72. The highest BCUT2D eigenvalue weighted by Gasteiger charge is 2.39. The number of anilines is 2. The Hall–Kier alpha value is -3.74. The Morgan fingerprint density at radius 3 is 2.37 bits per heavy atom. The van der Waals surface area contributed by atoms with E-state index in [1.807, 2.05) is 13.0 Å². The number of amides is 2. The lowest BCUT2D eigenvalue weighted by atomic mass is 10.1. The van der Waals surface area contributed by atoms with Crippen molar-refractivity contribution in [2.24, 2.45) is 11.8 Å². The summed E-state index contributed by atoms with van der Waals surface area (Å²) in [6, 6.07) is 14.2. The number of hydrogen-bond donors (Lipinski definition) is 2. The number of carbonyl (C=O) groups excluding carboxylic acids is 2.